The lowest BCUT2D eigenvalue weighted by Crippen LogP contribution is -2.38. The number of aryl methyl sites for hydroxylation is 2. The zero-order valence-corrected chi connectivity index (χ0v) is 16.3. The van der Waals surface area contributed by atoms with Gasteiger partial charge in [-0.2, -0.15) is 0 Å². The molecule has 0 aromatic carbocycles. The van der Waals surface area contributed by atoms with Gasteiger partial charge in [0.25, 0.3) is 0 Å². The minimum Gasteiger partial charge on any atom is -0.384 e. The van der Waals surface area contributed by atoms with E-state index < -0.39 is 0 Å². The first-order valence-electron chi connectivity index (χ1n) is 9.52. The zero-order valence-electron chi connectivity index (χ0n) is 16.3. The van der Waals surface area contributed by atoms with E-state index in [0.29, 0.717) is 17.9 Å². The third-order valence-corrected chi connectivity index (χ3v) is 5.60. The van der Waals surface area contributed by atoms with Crippen LogP contribution in [0.1, 0.15) is 18.7 Å². The van der Waals surface area contributed by atoms with Crippen molar-refractivity contribution < 1.29 is 4.74 Å². The number of hydrogen-bond acceptors (Lipinski definition) is 6. The molecule has 4 heterocycles. The van der Waals surface area contributed by atoms with Crippen LogP contribution in [0.25, 0.3) is 27.9 Å². The Morgan fingerprint density at radius 2 is 2.07 bits per heavy atom. The fourth-order valence-corrected chi connectivity index (χ4v) is 3.92. The van der Waals surface area contributed by atoms with Gasteiger partial charge in [-0.25, -0.2) is 19.5 Å². The SMILES string of the molecule is COC[C@H]1C[C@H](Nc2ncc3c(-c4ccc5nc(C)n(C)c5n4)ccn3n2)C1. The van der Waals surface area contributed by atoms with E-state index in [0.717, 1.165) is 53.2 Å². The normalized spacial score (nSPS) is 19.2. The first-order chi connectivity index (χ1) is 13.6. The van der Waals surface area contributed by atoms with Crippen molar-refractivity contribution in [1.82, 2.24) is 29.1 Å². The summed E-state index contributed by atoms with van der Waals surface area (Å²) in [7, 11) is 3.74. The second-order valence-corrected chi connectivity index (χ2v) is 7.53. The van der Waals surface area contributed by atoms with Gasteiger partial charge in [-0.3, -0.25) is 0 Å². The summed E-state index contributed by atoms with van der Waals surface area (Å²) in [5.41, 5.74) is 4.62. The van der Waals surface area contributed by atoms with Crippen LogP contribution in [0.15, 0.2) is 30.6 Å². The highest BCUT2D eigenvalue weighted by atomic mass is 16.5. The van der Waals surface area contributed by atoms with Crippen molar-refractivity contribution >= 4 is 22.6 Å². The Hall–Kier alpha value is -3.00. The number of rotatable bonds is 5. The van der Waals surface area contributed by atoms with E-state index in [-0.39, 0.29) is 0 Å². The molecule has 28 heavy (non-hydrogen) atoms. The second kappa shape index (κ2) is 6.56. The first kappa shape index (κ1) is 17.1. The van der Waals surface area contributed by atoms with Crippen LogP contribution in [0.3, 0.4) is 0 Å². The molecule has 5 rings (SSSR count). The van der Waals surface area contributed by atoms with Gasteiger partial charge in [-0.05, 0) is 43.9 Å². The average Bonchev–Trinajstić information content (AvgIpc) is 3.21. The third kappa shape index (κ3) is 2.80. The molecule has 0 radical (unpaired) electrons. The smallest absolute Gasteiger partial charge is 0.241 e. The predicted octanol–water partition coefficient (Wildman–Crippen LogP) is 2.82. The summed E-state index contributed by atoms with van der Waals surface area (Å²) in [6, 6.07) is 6.46. The summed E-state index contributed by atoms with van der Waals surface area (Å²) in [5.74, 6) is 2.24. The van der Waals surface area contributed by atoms with Gasteiger partial charge < -0.3 is 14.6 Å². The predicted molar refractivity (Wildman–Crippen MR) is 107 cm³/mol. The molecule has 0 aliphatic heterocycles. The number of aromatic nitrogens is 6. The number of imidazole rings is 1. The minimum atomic E-state index is 0.421. The number of ether oxygens (including phenoxy) is 1. The molecule has 1 aliphatic rings. The molecule has 4 aromatic heterocycles. The highest BCUT2D eigenvalue weighted by Gasteiger charge is 2.29. The summed E-state index contributed by atoms with van der Waals surface area (Å²) >= 11 is 0. The van der Waals surface area contributed by atoms with Crippen LogP contribution in [-0.2, 0) is 11.8 Å². The molecule has 0 spiro atoms. The standard InChI is InChI=1S/C20H23N7O/c1-12-22-17-5-4-16(24-19(17)26(12)2)15-6-7-27-18(15)10-21-20(25-27)23-14-8-13(9-14)11-28-3/h4-7,10,13-14H,8-9,11H2,1-3H3,(H,23,25)/t13-,14-. The number of anilines is 1. The van der Waals surface area contributed by atoms with Crippen molar-refractivity contribution in [2.24, 2.45) is 13.0 Å². The van der Waals surface area contributed by atoms with Gasteiger partial charge in [-0.15, -0.1) is 5.10 Å². The fraction of sp³-hybridized carbons (Fsp3) is 0.400. The van der Waals surface area contributed by atoms with Crippen molar-refractivity contribution in [2.45, 2.75) is 25.8 Å². The van der Waals surface area contributed by atoms with Crippen molar-refractivity contribution in [3.8, 4) is 11.3 Å². The van der Waals surface area contributed by atoms with Crippen molar-refractivity contribution in [2.75, 3.05) is 19.0 Å². The molecular formula is C20H23N7O. The van der Waals surface area contributed by atoms with Gasteiger partial charge in [0.1, 0.15) is 11.3 Å². The fourth-order valence-electron chi connectivity index (χ4n) is 3.92. The second-order valence-electron chi connectivity index (χ2n) is 7.53. The van der Waals surface area contributed by atoms with Crippen molar-refractivity contribution in [3.63, 3.8) is 0 Å². The van der Waals surface area contributed by atoms with Gasteiger partial charge in [0.05, 0.1) is 17.4 Å². The van der Waals surface area contributed by atoms with E-state index in [1.54, 1.807) is 7.11 Å². The lowest BCUT2D eigenvalue weighted by molar-refractivity contribution is 0.104. The lowest BCUT2D eigenvalue weighted by Gasteiger charge is -2.35. The van der Waals surface area contributed by atoms with E-state index >= 15 is 0 Å². The topological polar surface area (TPSA) is 82.2 Å². The van der Waals surface area contributed by atoms with Crippen LogP contribution >= 0.6 is 0 Å². The molecule has 1 saturated carbocycles. The van der Waals surface area contributed by atoms with Crippen LogP contribution in [0.2, 0.25) is 0 Å². The number of nitrogens with zero attached hydrogens (tertiary/aromatic N) is 6. The Morgan fingerprint density at radius 1 is 1.21 bits per heavy atom. The Kier molecular flexibility index (Phi) is 4.01. The number of pyridine rings is 1. The number of nitrogens with one attached hydrogen (secondary N) is 1. The van der Waals surface area contributed by atoms with E-state index in [1.165, 1.54) is 0 Å². The van der Waals surface area contributed by atoms with E-state index in [1.807, 2.05) is 53.6 Å². The molecule has 1 fully saturated rings. The molecule has 1 N–H and O–H groups in total. The van der Waals surface area contributed by atoms with Crippen LogP contribution in [0.4, 0.5) is 5.95 Å². The minimum absolute atomic E-state index is 0.421. The van der Waals surface area contributed by atoms with Crippen LogP contribution in [0.5, 0.6) is 0 Å². The highest BCUT2D eigenvalue weighted by Crippen LogP contribution is 2.30. The summed E-state index contributed by atoms with van der Waals surface area (Å²) < 4.78 is 9.07. The van der Waals surface area contributed by atoms with E-state index in [9.17, 15) is 0 Å². The largest absolute Gasteiger partial charge is 0.384 e. The van der Waals surface area contributed by atoms with Crippen LogP contribution in [0, 0.1) is 12.8 Å². The Labute approximate surface area is 162 Å². The number of hydrogen-bond donors (Lipinski definition) is 1. The average molecular weight is 377 g/mol. The van der Waals surface area contributed by atoms with Gasteiger partial charge >= 0.3 is 0 Å². The first-order valence-corrected chi connectivity index (χ1v) is 9.52. The Balaban J connectivity index is 1.42. The third-order valence-electron chi connectivity index (χ3n) is 5.60. The number of methoxy groups -OCH3 is 1. The summed E-state index contributed by atoms with van der Waals surface area (Å²) in [5, 5.41) is 8.03. The zero-order chi connectivity index (χ0) is 19.3. The Bertz CT molecular complexity index is 1160. The molecule has 0 atom stereocenters. The van der Waals surface area contributed by atoms with Crippen LogP contribution < -0.4 is 5.32 Å². The maximum atomic E-state index is 5.21. The van der Waals surface area contributed by atoms with Gasteiger partial charge in [0.15, 0.2) is 5.65 Å². The van der Waals surface area contributed by atoms with E-state index in [4.69, 9.17) is 9.72 Å². The lowest BCUT2D eigenvalue weighted by atomic mass is 9.81. The molecule has 1 aliphatic carbocycles. The molecule has 0 amide bonds. The van der Waals surface area contributed by atoms with Gasteiger partial charge in [0.2, 0.25) is 5.95 Å². The maximum Gasteiger partial charge on any atom is 0.241 e. The summed E-state index contributed by atoms with van der Waals surface area (Å²) in [6.07, 6.45) is 6.00. The maximum absolute atomic E-state index is 5.21. The molecule has 0 saturated heterocycles. The Morgan fingerprint density at radius 3 is 2.89 bits per heavy atom. The quantitative estimate of drug-likeness (QED) is 0.576. The summed E-state index contributed by atoms with van der Waals surface area (Å²) in [4.78, 5) is 13.9. The van der Waals surface area contributed by atoms with Crippen molar-refractivity contribution in [1.29, 1.82) is 0 Å². The molecule has 0 unspecified atom stereocenters. The number of fused-ring (bicyclic) bond motifs is 2. The molecule has 4 aromatic rings. The molecule has 8 nitrogen and oxygen atoms in total. The molecule has 144 valence electrons. The van der Waals surface area contributed by atoms with Crippen LogP contribution in [-0.4, -0.2) is 48.9 Å². The van der Waals surface area contributed by atoms with E-state index in [2.05, 4.69) is 20.4 Å². The summed E-state index contributed by atoms with van der Waals surface area (Å²) in [6.45, 7) is 2.81. The highest BCUT2D eigenvalue weighted by molar-refractivity contribution is 5.82. The molecule has 8 heteroatoms. The molecular weight excluding hydrogens is 354 g/mol. The monoisotopic (exact) mass is 377 g/mol. The van der Waals surface area contributed by atoms with Gasteiger partial charge in [-0.1, -0.05) is 0 Å². The van der Waals surface area contributed by atoms with Crippen molar-refractivity contribution in [3.05, 3.63) is 36.4 Å². The molecule has 0 bridgehead atoms. The van der Waals surface area contributed by atoms with Gasteiger partial charge in [0, 0.05) is 38.6 Å².